The summed E-state index contributed by atoms with van der Waals surface area (Å²) in [6, 6.07) is 13.1. The summed E-state index contributed by atoms with van der Waals surface area (Å²) < 4.78 is 20.4. The van der Waals surface area contributed by atoms with Crippen molar-refractivity contribution in [3.63, 3.8) is 0 Å². The molecule has 4 N–H and O–H groups in total. The number of benzene rings is 2. The maximum Gasteiger partial charge on any atom is 0.269 e. The van der Waals surface area contributed by atoms with Crippen molar-refractivity contribution in [2.24, 2.45) is 5.73 Å². The average molecular weight is 405 g/mol. The van der Waals surface area contributed by atoms with Gasteiger partial charge in [0.1, 0.15) is 23.0 Å². The van der Waals surface area contributed by atoms with Gasteiger partial charge in [-0.2, -0.15) is 5.10 Å². The number of rotatable bonds is 5. The molecule has 0 spiro atoms. The monoisotopic (exact) mass is 405 g/mol. The van der Waals surface area contributed by atoms with Crippen molar-refractivity contribution < 1.29 is 13.9 Å². The Bertz CT molecular complexity index is 1210. The molecule has 2 aromatic carbocycles. The van der Waals surface area contributed by atoms with E-state index in [-0.39, 0.29) is 5.82 Å². The molecular weight excluding hydrogens is 385 g/mol. The van der Waals surface area contributed by atoms with E-state index in [0.29, 0.717) is 28.8 Å². The lowest BCUT2D eigenvalue weighted by molar-refractivity contribution is 0.0994. The molecule has 1 aliphatic rings. The Morgan fingerprint density at radius 2 is 1.83 bits per heavy atom. The first-order valence-electron chi connectivity index (χ1n) is 9.74. The molecule has 1 unspecified atom stereocenters. The molecule has 152 valence electrons. The van der Waals surface area contributed by atoms with E-state index < -0.39 is 5.91 Å². The standard InChI is InChI=1S/C22H20FN5O2/c23-15-3-7-17(8-4-15)30-16-5-1-13(2-6-16)19-20(21(24)29)28-22(27-19)18(12-26-28)14-9-10-25-11-14/h1-8,12,14,25,27H,9-11H2,(H2,24,29). The van der Waals surface area contributed by atoms with E-state index in [9.17, 15) is 9.18 Å². The number of H-pyrrole nitrogens is 1. The van der Waals surface area contributed by atoms with Gasteiger partial charge in [0.2, 0.25) is 0 Å². The van der Waals surface area contributed by atoms with Crippen LogP contribution in [0.3, 0.4) is 0 Å². The van der Waals surface area contributed by atoms with Crippen LogP contribution in [0.25, 0.3) is 16.9 Å². The molecule has 2 aromatic heterocycles. The summed E-state index contributed by atoms with van der Waals surface area (Å²) in [6.45, 7) is 1.85. The number of carbonyl (C=O) groups excluding carboxylic acids is 1. The number of nitrogens with one attached hydrogen (secondary N) is 2. The van der Waals surface area contributed by atoms with Crippen LogP contribution in [0.1, 0.15) is 28.4 Å². The van der Waals surface area contributed by atoms with Gasteiger partial charge in [0.05, 0.1) is 11.9 Å². The Kier molecular flexibility index (Phi) is 4.48. The van der Waals surface area contributed by atoms with Crippen molar-refractivity contribution in [1.82, 2.24) is 19.9 Å². The highest BCUT2D eigenvalue weighted by molar-refractivity contribution is 5.98. The minimum Gasteiger partial charge on any atom is -0.457 e. The number of nitrogens with two attached hydrogens (primary N) is 1. The normalized spacial score (nSPS) is 16.2. The summed E-state index contributed by atoms with van der Waals surface area (Å²) in [5, 5.41) is 7.77. The van der Waals surface area contributed by atoms with Crippen molar-refractivity contribution in [3.8, 4) is 22.8 Å². The maximum atomic E-state index is 13.1. The molecule has 5 rings (SSSR count). The summed E-state index contributed by atoms with van der Waals surface area (Å²) in [7, 11) is 0. The second-order valence-electron chi connectivity index (χ2n) is 7.34. The third-order valence-electron chi connectivity index (χ3n) is 5.42. The summed E-state index contributed by atoms with van der Waals surface area (Å²) in [5.74, 6) is 0.611. The van der Waals surface area contributed by atoms with Crippen molar-refractivity contribution in [2.45, 2.75) is 12.3 Å². The van der Waals surface area contributed by atoms with E-state index in [4.69, 9.17) is 10.5 Å². The topological polar surface area (TPSA) is 97.4 Å². The molecule has 1 atom stereocenters. The molecule has 0 radical (unpaired) electrons. The van der Waals surface area contributed by atoms with Gasteiger partial charge in [-0.3, -0.25) is 4.79 Å². The summed E-state index contributed by atoms with van der Waals surface area (Å²) in [6.07, 6.45) is 2.83. The highest BCUT2D eigenvalue weighted by atomic mass is 19.1. The van der Waals surface area contributed by atoms with Crippen molar-refractivity contribution in [1.29, 1.82) is 0 Å². The van der Waals surface area contributed by atoms with E-state index in [1.54, 1.807) is 35.0 Å². The first-order valence-corrected chi connectivity index (χ1v) is 9.74. The molecule has 30 heavy (non-hydrogen) atoms. The Hall–Kier alpha value is -3.65. The first kappa shape index (κ1) is 18.4. The summed E-state index contributed by atoms with van der Waals surface area (Å²) in [5.41, 5.74) is 9.27. The highest BCUT2D eigenvalue weighted by Gasteiger charge is 2.26. The molecule has 4 aromatic rings. The average Bonchev–Trinajstić information content (AvgIpc) is 3.46. The number of hydrogen-bond donors (Lipinski definition) is 3. The maximum absolute atomic E-state index is 13.1. The van der Waals surface area contributed by atoms with Crippen LogP contribution in [0.4, 0.5) is 4.39 Å². The van der Waals surface area contributed by atoms with Gasteiger partial charge in [-0.25, -0.2) is 8.91 Å². The SMILES string of the molecule is NC(=O)c1c(-c2ccc(Oc3ccc(F)cc3)cc2)[nH]c2c(C3CCNC3)cnn12. The Balaban J connectivity index is 1.49. The number of primary amides is 1. The summed E-state index contributed by atoms with van der Waals surface area (Å²) in [4.78, 5) is 15.6. The molecular formula is C22H20FN5O2. The third kappa shape index (κ3) is 3.21. The number of aromatic nitrogens is 3. The first-order chi connectivity index (χ1) is 14.6. The quantitative estimate of drug-likeness (QED) is 0.474. The second-order valence-corrected chi connectivity index (χ2v) is 7.34. The lowest BCUT2D eigenvalue weighted by Gasteiger charge is -2.07. The number of carbonyl (C=O) groups is 1. The molecule has 1 amide bonds. The van der Waals surface area contributed by atoms with Crippen LogP contribution >= 0.6 is 0 Å². The van der Waals surface area contributed by atoms with Gasteiger partial charge in [0, 0.05) is 23.6 Å². The van der Waals surface area contributed by atoms with Crippen molar-refractivity contribution in [3.05, 3.63) is 71.8 Å². The number of hydrogen-bond acceptors (Lipinski definition) is 4. The van der Waals surface area contributed by atoms with E-state index in [1.807, 2.05) is 12.1 Å². The highest BCUT2D eigenvalue weighted by Crippen LogP contribution is 2.32. The Labute approximate surface area is 171 Å². The van der Waals surface area contributed by atoms with E-state index in [0.717, 1.165) is 36.3 Å². The van der Waals surface area contributed by atoms with Crippen LogP contribution in [0.15, 0.2) is 54.7 Å². The summed E-state index contributed by atoms with van der Waals surface area (Å²) >= 11 is 0. The minimum absolute atomic E-state index is 0.314. The number of aromatic amines is 1. The minimum atomic E-state index is -0.554. The number of halogens is 1. The van der Waals surface area contributed by atoms with Crippen LogP contribution in [0.2, 0.25) is 0 Å². The van der Waals surface area contributed by atoms with Gasteiger partial charge in [-0.05, 0) is 61.5 Å². The van der Waals surface area contributed by atoms with Crippen molar-refractivity contribution >= 4 is 11.6 Å². The number of fused-ring (bicyclic) bond motifs is 1. The molecule has 0 aliphatic carbocycles. The molecule has 1 fully saturated rings. The van der Waals surface area contributed by atoms with E-state index in [1.165, 1.54) is 12.1 Å². The second kappa shape index (κ2) is 7.31. The number of imidazole rings is 1. The van der Waals surface area contributed by atoms with E-state index >= 15 is 0 Å². The largest absolute Gasteiger partial charge is 0.457 e. The van der Waals surface area contributed by atoms with E-state index in [2.05, 4.69) is 15.4 Å². The van der Waals surface area contributed by atoms with Gasteiger partial charge < -0.3 is 20.8 Å². The van der Waals surface area contributed by atoms with Crippen LogP contribution in [-0.2, 0) is 0 Å². The molecule has 8 heteroatoms. The fraction of sp³-hybridized carbons (Fsp3) is 0.182. The molecule has 1 aliphatic heterocycles. The lowest BCUT2D eigenvalue weighted by atomic mass is 10.0. The van der Waals surface area contributed by atoms with Crippen LogP contribution in [0, 0.1) is 5.82 Å². The van der Waals surface area contributed by atoms with Gasteiger partial charge in [0.25, 0.3) is 5.91 Å². The fourth-order valence-corrected chi connectivity index (χ4v) is 3.92. The number of amides is 1. The Morgan fingerprint density at radius 3 is 2.47 bits per heavy atom. The molecule has 3 heterocycles. The van der Waals surface area contributed by atoms with Gasteiger partial charge in [0.15, 0.2) is 5.69 Å². The van der Waals surface area contributed by atoms with Gasteiger partial charge in [-0.1, -0.05) is 0 Å². The predicted molar refractivity (Wildman–Crippen MR) is 110 cm³/mol. The molecule has 0 saturated carbocycles. The molecule has 7 nitrogen and oxygen atoms in total. The molecule has 0 bridgehead atoms. The van der Waals surface area contributed by atoms with Crippen molar-refractivity contribution in [2.75, 3.05) is 13.1 Å². The fourth-order valence-electron chi connectivity index (χ4n) is 3.92. The lowest BCUT2D eigenvalue weighted by Crippen LogP contribution is -2.15. The number of ether oxygens (including phenoxy) is 1. The molecule has 1 saturated heterocycles. The van der Waals surface area contributed by atoms with Crippen LogP contribution in [-0.4, -0.2) is 33.6 Å². The number of nitrogens with zero attached hydrogens (tertiary/aromatic N) is 2. The van der Waals surface area contributed by atoms with Crippen LogP contribution < -0.4 is 15.8 Å². The smallest absolute Gasteiger partial charge is 0.269 e. The zero-order valence-corrected chi connectivity index (χ0v) is 16.1. The van der Waals surface area contributed by atoms with Gasteiger partial charge in [-0.15, -0.1) is 0 Å². The zero-order chi connectivity index (χ0) is 20.7. The third-order valence-corrected chi connectivity index (χ3v) is 5.42. The zero-order valence-electron chi connectivity index (χ0n) is 16.1. The van der Waals surface area contributed by atoms with Gasteiger partial charge >= 0.3 is 0 Å². The predicted octanol–water partition coefficient (Wildman–Crippen LogP) is 3.44. The Morgan fingerprint density at radius 1 is 1.13 bits per heavy atom. The van der Waals surface area contributed by atoms with Crippen LogP contribution in [0.5, 0.6) is 11.5 Å².